The van der Waals surface area contributed by atoms with Crippen molar-refractivity contribution in [1.82, 2.24) is 0 Å². The molecule has 0 spiro atoms. The van der Waals surface area contributed by atoms with Crippen LogP contribution in [0.2, 0.25) is 0 Å². The lowest BCUT2D eigenvalue weighted by molar-refractivity contribution is 0.0890. The number of aliphatic hydroxyl groups excluding tert-OH is 1. The van der Waals surface area contributed by atoms with Crippen LogP contribution in [0, 0.1) is 0 Å². The lowest BCUT2D eigenvalue weighted by Gasteiger charge is -2.20. The Morgan fingerprint density at radius 3 is 2.32 bits per heavy atom. The number of aliphatic hydroxyl groups is 1. The molecule has 0 heterocycles. The summed E-state index contributed by atoms with van der Waals surface area (Å²) in [6.07, 6.45) is 0. The van der Waals surface area contributed by atoms with Crippen LogP contribution in [0.15, 0.2) is 23.5 Å². The standard InChI is InChI=1S/C13H12O6/c1-18-6-3-7-10(9(15)4-6)11(16)8(5-14)13(19-2)12(7)17/h3-4,14-15H,5H2,1-2H3. The molecule has 0 aromatic heterocycles. The predicted octanol–water partition coefficient (Wildman–Crippen LogP) is 0.673. The Bertz CT molecular complexity index is 599. The maximum absolute atomic E-state index is 12.2. The van der Waals surface area contributed by atoms with E-state index in [2.05, 4.69) is 0 Å². The van der Waals surface area contributed by atoms with E-state index in [0.29, 0.717) is 0 Å². The third-order valence-electron chi connectivity index (χ3n) is 2.92. The number of ether oxygens (including phenoxy) is 2. The molecule has 1 aromatic rings. The molecule has 0 amide bonds. The van der Waals surface area contributed by atoms with Crippen molar-refractivity contribution < 1.29 is 29.3 Å². The largest absolute Gasteiger partial charge is 0.507 e. The predicted molar refractivity (Wildman–Crippen MR) is 64.4 cm³/mol. The number of hydrogen-bond donors (Lipinski definition) is 2. The molecule has 0 saturated heterocycles. The van der Waals surface area contributed by atoms with Gasteiger partial charge in [-0.2, -0.15) is 0 Å². The highest BCUT2D eigenvalue weighted by molar-refractivity contribution is 6.27. The Kier molecular flexibility index (Phi) is 3.26. The minimum absolute atomic E-state index is 0.00380. The number of carbonyl (C=O) groups excluding carboxylic acids is 2. The number of Topliss-reactive ketones (excluding diaryl/α,β-unsaturated/α-hetero) is 2. The van der Waals surface area contributed by atoms with Crippen molar-refractivity contribution in [2.45, 2.75) is 0 Å². The second-order valence-electron chi connectivity index (χ2n) is 3.90. The van der Waals surface area contributed by atoms with Gasteiger partial charge >= 0.3 is 0 Å². The number of fused-ring (bicyclic) bond motifs is 1. The zero-order valence-corrected chi connectivity index (χ0v) is 10.4. The van der Waals surface area contributed by atoms with Gasteiger partial charge in [0.15, 0.2) is 11.5 Å². The molecule has 6 heteroatoms. The Morgan fingerprint density at radius 1 is 1.11 bits per heavy atom. The van der Waals surface area contributed by atoms with Gasteiger partial charge in [0.1, 0.15) is 11.5 Å². The van der Waals surface area contributed by atoms with Crippen LogP contribution in [0.4, 0.5) is 0 Å². The highest BCUT2D eigenvalue weighted by Crippen LogP contribution is 2.35. The summed E-state index contributed by atoms with van der Waals surface area (Å²) in [6.45, 7) is -0.640. The number of phenols is 1. The van der Waals surface area contributed by atoms with Crippen molar-refractivity contribution in [1.29, 1.82) is 0 Å². The molecule has 1 aliphatic rings. The first kappa shape index (κ1) is 13.1. The monoisotopic (exact) mass is 264 g/mol. The molecule has 100 valence electrons. The van der Waals surface area contributed by atoms with Gasteiger partial charge in [0.25, 0.3) is 0 Å². The molecular weight excluding hydrogens is 252 g/mol. The van der Waals surface area contributed by atoms with Gasteiger partial charge in [0.05, 0.1) is 32.0 Å². The Hall–Kier alpha value is -2.34. The molecule has 6 nitrogen and oxygen atoms in total. The van der Waals surface area contributed by atoms with Crippen LogP contribution in [0.3, 0.4) is 0 Å². The lowest BCUT2D eigenvalue weighted by Crippen LogP contribution is -2.25. The number of methoxy groups -OCH3 is 2. The second kappa shape index (κ2) is 4.74. The van der Waals surface area contributed by atoms with Gasteiger partial charge in [-0.25, -0.2) is 0 Å². The Balaban J connectivity index is 2.73. The molecule has 2 rings (SSSR count). The van der Waals surface area contributed by atoms with E-state index < -0.39 is 18.2 Å². The van der Waals surface area contributed by atoms with Crippen molar-refractivity contribution in [2.24, 2.45) is 0 Å². The maximum atomic E-state index is 12.2. The summed E-state index contributed by atoms with van der Waals surface area (Å²) < 4.78 is 9.81. The minimum Gasteiger partial charge on any atom is -0.507 e. The normalized spacial score (nSPS) is 14.5. The lowest BCUT2D eigenvalue weighted by atomic mass is 9.87. The SMILES string of the molecule is COC1=C(CO)C(=O)c2c(O)cc(OC)cc2C1=O. The van der Waals surface area contributed by atoms with Crippen LogP contribution < -0.4 is 4.74 Å². The topological polar surface area (TPSA) is 93.1 Å². The summed E-state index contributed by atoms with van der Waals surface area (Å²) in [5.74, 6) is -1.54. The van der Waals surface area contributed by atoms with Gasteiger partial charge < -0.3 is 19.7 Å². The van der Waals surface area contributed by atoms with Crippen molar-refractivity contribution in [3.63, 3.8) is 0 Å². The summed E-state index contributed by atoms with van der Waals surface area (Å²) in [5, 5.41) is 19.0. The van der Waals surface area contributed by atoms with Crippen LogP contribution in [0.5, 0.6) is 11.5 Å². The number of rotatable bonds is 3. The fourth-order valence-electron chi connectivity index (χ4n) is 2.01. The number of hydrogen-bond acceptors (Lipinski definition) is 6. The quantitative estimate of drug-likeness (QED) is 0.833. The number of carbonyl (C=O) groups is 2. The van der Waals surface area contributed by atoms with Gasteiger partial charge in [-0.3, -0.25) is 9.59 Å². The van der Waals surface area contributed by atoms with Gasteiger partial charge in [0, 0.05) is 11.6 Å². The number of allylic oxidation sites excluding steroid dienone is 1. The van der Waals surface area contributed by atoms with Crippen molar-refractivity contribution in [2.75, 3.05) is 20.8 Å². The fourth-order valence-corrected chi connectivity index (χ4v) is 2.01. The highest BCUT2D eigenvalue weighted by atomic mass is 16.5. The van der Waals surface area contributed by atoms with Gasteiger partial charge in [-0.05, 0) is 6.07 Å². The molecule has 1 aliphatic carbocycles. The molecular formula is C13H12O6. The fraction of sp³-hybridized carbons (Fsp3) is 0.231. The molecule has 0 fully saturated rings. The molecule has 2 N–H and O–H groups in total. The summed E-state index contributed by atoms with van der Waals surface area (Å²) in [4.78, 5) is 24.3. The van der Waals surface area contributed by atoms with E-state index in [4.69, 9.17) is 9.47 Å². The molecule has 0 atom stereocenters. The number of benzene rings is 1. The highest BCUT2D eigenvalue weighted by Gasteiger charge is 2.35. The number of phenolic OH excluding ortho intramolecular Hbond substituents is 1. The van der Waals surface area contributed by atoms with Gasteiger partial charge in [0.2, 0.25) is 5.78 Å². The first-order chi connectivity index (χ1) is 9.04. The third-order valence-corrected chi connectivity index (χ3v) is 2.92. The average molecular weight is 264 g/mol. The van der Waals surface area contributed by atoms with Crippen LogP contribution in [-0.4, -0.2) is 42.6 Å². The molecule has 1 aromatic carbocycles. The average Bonchev–Trinajstić information content (AvgIpc) is 2.41. The van der Waals surface area contributed by atoms with Gasteiger partial charge in [-0.15, -0.1) is 0 Å². The van der Waals surface area contributed by atoms with Crippen LogP contribution in [0.1, 0.15) is 20.7 Å². The van der Waals surface area contributed by atoms with E-state index in [1.807, 2.05) is 0 Å². The summed E-state index contributed by atoms with van der Waals surface area (Å²) >= 11 is 0. The summed E-state index contributed by atoms with van der Waals surface area (Å²) in [6, 6.07) is 2.58. The van der Waals surface area contributed by atoms with Crippen molar-refractivity contribution in [3.05, 3.63) is 34.6 Å². The van der Waals surface area contributed by atoms with E-state index in [1.165, 1.54) is 26.4 Å². The van der Waals surface area contributed by atoms with E-state index in [1.54, 1.807) is 0 Å². The van der Waals surface area contributed by atoms with Crippen LogP contribution in [-0.2, 0) is 4.74 Å². The van der Waals surface area contributed by atoms with E-state index >= 15 is 0 Å². The van der Waals surface area contributed by atoms with E-state index in [-0.39, 0.29) is 34.0 Å². The van der Waals surface area contributed by atoms with Crippen LogP contribution >= 0.6 is 0 Å². The van der Waals surface area contributed by atoms with Crippen molar-refractivity contribution in [3.8, 4) is 11.5 Å². The van der Waals surface area contributed by atoms with Gasteiger partial charge in [-0.1, -0.05) is 0 Å². The molecule has 0 bridgehead atoms. The van der Waals surface area contributed by atoms with Crippen LogP contribution in [0.25, 0.3) is 0 Å². The molecule has 0 aliphatic heterocycles. The molecule has 0 unspecified atom stereocenters. The Morgan fingerprint density at radius 2 is 1.79 bits per heavy atom. The summed E-state index contributed by atoms with van der Waals surface area (Å²) in [7, 11) is 2.61. The number of aromatic hydroxyl groups is 1. The maximum Gasteiger partial charge on any atom is 0.229 e. The smallest absolute Gasteiger partial charge is 0.229 e. The molecule has 0 saturated carbocycles. The zero-order valence-electron chi connectivity index (χ0n) is 10.4. The first-order valence-electron chi connectivity index (χ1n) is 5.43. The molecule has 0 radical (unpaired) electrons. The summed E-state index contributed by atoms with van der Waals surface area (Å²) in [5.41, 5.74) is -0.313. The minimum atomic E-state index is -0.640. The van der Waals surface area contributed by atoms with E-state index in [0.717, 1.165) is 0 Å². The number of ketones is 2. The molecule has 19 heavy (non-hydrogen) atoms. The first-order valence-corrected chi connectivity index (χ1v) is 5.43. The second-order valence-corrected chi connectivity index (χ2v) is 3.90. The van der Waals surface area contributed by atoms with Crippen molar-refractivity contribution >= 4 is 11.6 Å². The van der Waals surface area contributed by atoms with E-state index in [9.17, 15) is 19.8 Å². The third kappa shape index (κ3) is 1.86. The zero-order chi connectivity index (χ0) is 14.2. The Labute approximate surface area is 108 Å².